The van der Waals surface area contributed by atoms with E-state index >= 15 is 0 Å². The van der Waals surface area contributed by atoms with Crippen LogP contribution in [0.15, 0.2) is 71.1 Å². The lowest BCUT2D eigenvalue weighted by Crippen LogP contribution is -2.36. The summed E-state index contributed by atoms with van der Waals surface area (Å²) in [5, 5.41) is 10.8. The fraction of sp³-hybridized carbons (Fsp3) is 0.222. The van der Waals surface area contributed by atoms with Crippen LogP contribution in [-0.4, -0.2) is 42.6 Å². The minimum absolute atomic E-state index is 0.462. The van der Waals surface area contributed by atoms with E-state index in [1.54, 1.807) is 13.0 Å². The number of carbonyl (C=O) groups is 1. The topological polar surface area (TPSA) is 89.7 Å². The third-order valence-corrected chi connectivity index (χ3v) is 5.86. The number of amides is 1. The van der Waals surface area contributed by atoms with Crippen molar-refractivity contribution in [3.05, 3.63) is 78.2 Å². The van der Waals surface area contributed by atoms with Crippen LogP contribution in [0.5, 0.6) is 5.75 Å². The van der Waals surface area contributed by atoms with Gasteiger partial charge in [-0.25, -0.2) is 4.79 Å². The number of hydrogen-bond acceptors (Lipinski definition) is 7. The van der Waals surface area contributed by atoms with Crippen LogP contribution in [0.25, 0.3) is 22.6 Å². The maximum Gasteiger partial charge on any atom is 0.417 e. The minimum atomic E-state index is -0.541. The summed E-state index contributed by atoms with van der Waals surface area (Å²) in [5.74, 6) is 1.47. The number of nitrogens with one attached hydrogen (secondary N) is 1. The lowest BCUT2D eigenvalue weighted by atomic mass is 9.99. The average molecular weight is 471 g/mol. The van der Waals surface area contributed by atoms with Crippen molar-refractivity contribution < 1.29 is 18.7 Å². The van der Waals surface area contributed by atoms with Crippen molar-refractivity contribution in [2.24, 2.45) is 0 Å². The standard InChI is InChI=1S/C27H26N4O4/c1-18-6-11-24(17-25(18)20-7-9-21(10-8-20)26-30-29-19(2)34-26)35-27(32)28-22-4-3-5-23(16-22)31-12-14-33-15-13-31/h3-11,16-17H,12-15H2,1-2H3,(H,28,32). The van der Waals surface area contributed by atoms with Crippen LogP contribution in [0, 0.1) is 13.8 Å². The summed E-state index contributed by atoms with van der Waals surface area (Å²) in [5.41, 5.74) is 5.60. The molecule has 0 spiro atoms. The third-order valence-electron chi connectivity index (χ3n) is 5.86. The highest BCUT2D eigenvalue weighted by atomic mass is 16.6. The quantitative estimate of drug-likeness (QED) is 0.414. The first kappa shape index (κ1) is 22.6. The number of nitrogens with zero attached hydrogens (tertiary/aromatic N) is 3. The molecule has 178 valence electrons. The van der Waals surface area contributed by atoms with Crippen molar-refractivity contribution >= 4 is 17.5 Å². The number of benzene rings is 3. The van der Waals surface area contributed by atoms with Crippen molar-refractivity contribution in [1.29, 1.82) is 0 Å². The monoisotopic (exact) mass is 470 g/mol. The second-order valence-electron chi connectivity index (χ2n) is 8.34. The van der Waals surface area contributed by atoms with E-state index < -0.39 is 6.09 Å². The Labute approximate surface area is 203 Å². The second kappa shape index (κ2) is 9.99. The number of carbonyl (C=O) groups excluding carboxylic acids is 1. The highest BCUT2D eigenvalue weighted by molar-refractivity contribution is 5.87. The molecule has 0 saturated carbocycles. The molecule has 1 aliphatic rings. The summed E-state index contributed by atoms with van der Waals surface area (Å²) in [6, 6.07) is 21.2. The fourth-order valence-corrected chi connectivity index (χ4v) is 4.03. The summed E-state index contributed by atoms with van der Waals surface area (Å²) in [6.45, 7) is 6.84. The van der Waals surface area contributed by atoms with Gasteiger partial charge in [0.2, 0.25) is 11.8 Å². The highest BCUT2D eigenvalue weighted by Gasteiger charge is 2.13. The Bertz CT molecular complexity index is 1330. The smallest absolute Gasteiger partial charge is 0.417 e. The Morgan fingerprint density at radius 3 is 2.46 bits per heavy atom. The molecule has 3 aromatic carbocycles. The molecule has 0 radical (unpaired) electrons. The van der Waals surface area contributed by atoms with Gasteiger partial charge in [0.25, 0.3) is 0 Å². The third kappa shape index (κ3) is 5.33. The van der Waals surface area contributed by atoms with Crippen LogP contribution in [0.4, 0.5) is 16.2 Å². The first-order valence-corrected chi connectivity index (χ1v) is 11.5. The van der Waals surface area contributed by atoms with Crippen molar-refractivity contribution in [3.63, 3.8) is 0 Å². The highest BCUT2D eigenvalue weighted by Crippen LogP contribution is 2.30. The molecule has 0 atom stereocenters. The first-order chi connectivity index (χ1) is 17.0. The van der Waals surface area contributed by atoms with E-state index in [-0.39, 0.29) is 0 Å². The molecular formula is C27H26N4O4. The Morgan fingerprint density at radius 2 is 1.71 bits per heavy atom. The second-order valence-corrected chi connectivity index (χ2v) is 8.34. The van der Waals surface area contributed by atoms with E-state index in [1.807, 2.05) is 67.6 Å². The van der Waals surface area contributed by atoms with E-state index in [0.717, 1.165) is 41.0 Å². The van der Waals surface area contributed by atoms with Crippen LogP contribution in [-0.2, 0) is 4.74 Å². The van der Waals surface area contributed by atoms with Crippen LogP contribution in [0.1, 0.15) is 11.5 Å². The molecule has 1 aliphatic heterocycles. The summed E-state index contributed by atoms with van der Waals surface area (Å²) in [7, 11) is 0. The molecule has 1 fully saturated rings. The van der Waals surface area contributed by atoms with Crippen molar-refractivity contribution in [3.8, 4) is 28.3 Å². The number of rotatable bonds is 5. The van der Waals surface area contributed by atoms with Gasteiger partial charge in [-0.2, -0.15) is 0 Å². The van der Waals surface area contributed by atoms with Gasteiger partial charge in [-0.15, -0.1) is 10.2 Å². The molecule has 1 saturated heterocycles. The predicted octanol–water partition coefficient (Wildman–Crippen LogP) is 5.47. The van der Waals surface area contributed by atoms with Gasteiger partial charge in [0, 0.05) is 37.0 Å². The molecule has 8 heteroatoms. The largest absolute Gasteiger partial charge is 0.421 e. The number of aryl methyl sites for hydroxylation is 2. The molecular weight excluding hydrogens is 444 g/mol. The molecule has 0 bridgehead atoms. The Morgan fingerprint density at radius 1 is 0.943 bits per heavy atom. The lowest BCUT2D eigenvalue weighted by molar-refractivity contribution is 0.122. The zero-order valence-corrected chi connectivity index (χ0v) is 19.7. The minimum Gasteiger partial charge on any atom is -0.421 e. The lowest BCUT2D eigenvalue weighted by Gasteiger charge is -2.29. The number of aromatic nitrogens is 2. The molecule has 0 unspecified atom stereocenters. The Hall–Kier alpha value is -4.17. The molecule has 5 rings (SSSR count). The van der Waals surface area contributed by atoms with Crippen LogP contribution < -0.4 is 15.0 Å². The Balaban J connectivity index is 1.28. The summed E-state index contributed by atoms with van der Waals surface area (Å²) < 4.78 is 16.5. The summed E-state index contributed by atoms with van der Waals surface area (Å²) in [6.07, 6.45) is -0.541. The van der Waals surface area contributed by atoms with Crippen LogP contribution in [0.2, 0.25) is 0 Å². The van der Waals surface area contributed by atoms with Gasteiger partial charge in [0.05, 0.1) is 13.2 Å². The maximum atomic E-state index is 12.6. The van der Waals surface area contributed by atoms with Gasteiger partial charge >= 0.3 is 6.09 Å². The normalized spacial score (nSPS) is 13.5. The van der Waals surface area contributed by atoms with Gasteiger partial charge < -0.3 is 18.8 Å². The van der Waals surface area contributed by atoms with Crippen molar-refractivity contribution in [2.75, 3.05) is 36.5 Å². The van der Waals surface area contributed by atoms with Crippen molar-refractivity contribution in [1.82, 2.24) is 10.2 Å². The molecule has 8 nitrogen and oxygen atoms in total. The van der Waals surface area contributed by atoms with Crippen LogP contribution >= 0.6 is 0 Å². The molecule has 1 N–H and O–H groups in total. The zero-order valence-electron chi connectivity index (χ0n) is 19.7. The first-order valence-electron chi connectivity index (χ1n) is 11.5. The number of morpholine rings is 1. The van der Waals surface area contributed by atoms with Crippen LogP contribution in [0.3, 0.4) is 0 Å². The van der Waals surface area contributed by atoms with E-state index in [4.69, 9.17) is 13.9 Å². The molecule has 1 amide bonds. The summed E-state index contributed by atoms with van der Waals surface area (Å²) in [4.78, 5) is 14.8. The van der Waals surface area contributed by atoms with Gasteiger partial charge in [-0.3, -0.25) is 5.32 Å². The van der Waals surface area contributed by atoms with E-state index in [0.29, 0.717) is 36.4 Å². The van der Waals surface area contributed by atoms with E-state index in [1.165, 1.54) is 0 Å². The van der Waals surface area contributed by atoms with Gasteiger partial charge in [0.15, 0.2) is 0 Å². The van der Waals surface area contributed by atoms with Gasteiger partial charge in [-0.05, 0) is 66.1 Å². The Kier molecular flexibility index (Phi) is 6.45. The molecule has 2 heterocycles. The number of hydrogen-bond donors (Lipinski definition) is 1. The zero-order chi connectivity index (χ0) is 24.2. The van der Waals surface area contributed by atoms with E-state index in [9.17, 15) is 4.79 Å². The summed E-state index contributed by atoms with van der Waals surface area (Å²) >= 11 is 0. The molecule has 4 aromatic rings. The molecule has 1 aromatic heterocycles. The van der Waals surface area contributed by atoms with Crippen molar-refractivity contribution in [2.45, 2.75) is 13.8 Å². The fourth-order valence-electron chi connectivity index (χ4n) is 4.03. The molecule has 35 heavy (non-hydrogen) atoms. The maximum absolute atomic E-state index is 12.6. The average Bonchev–Trinajstić information content (AvgIpc) is 3.32. The van der Waals surface area contributed by atoms with E-state index in [2.05, 4.69) is 20.4 Å². The predicted molar refractivity (Wildman–Crippen MR) is 134 cm³/mol. The number of ether oxygens (including phenoxy) is 2. The van der Waals surface area contributed by atoms with Gasteiger partial charge in [0.1, 0.15) is 5.75 Å². The number of anilines is 2. The molecule has 0 aliphatic carbocycles. The van der Waals surface area contributed by atoms with Gasteiger partial charge in [-0.1, -0.05) is 24.3 Å². The SMILES string of the molecule is Cc1nnc(-c2ccc(-c3cc(OC(=O)Nc4cccc(N5CCOCC5)c4)ccc3C)cc2)o1.